The summed E-state index contributed by atoms with van der Waals surface area (Å²) in [5, 5.41) is 11.6. The van der Waals surface area contributed by atoms with Crippen LogP contribution in [0.25, 0.3) is 0 Å². The van der Waals surface area contributed by atoms with Gasteiger partial charge in [0.2, 0.25) is 0 Å². The summed E-state index contributed by atoms with van der Waals surface area (Å²) in [4.78, 5) is 11.7. The average Bonchev–Trinajstić information content (AvgIpc) is 2.25. The van der Waals surface area contributed by atoms with Crippen molar-refractivity contribution in [3.05, 3.63) is 34.1 Å². The molecule has 0 spiro atoms. The van der Waals surface area contributed by atoms with Crippen molar-refractivity contribution in [2.45, 2.75) is 19.4 Å². The zero-order valence-corrected chi connectivity index (χ0v) is 10.4. The lowest BCUT2D eigenvalue weighted by atomic mass is 10.1. The average molecular weight is 290 g/mol. The molecule has 0 bridgehead atoms. The predicted octanol–water partition coefficient (Wildman–Crippen LogP) is 2.09. The van der Waals surface area contributed by atoms with Gasteiger partial charge in [-0.3, -0.25) is 4.79 Å². The number of carbonyl (C=O) groups is 1. The largest absolute Gasteiger partial charge is 0.394 e. The Bertz CT molecular complexity index is 380. The number of hydrogen-bond acceptors (Lipinski definition) is 2. The third-order valence-electron chi connectivity index (χ3n) is 2.22. The highest BCUT2D eigenvalue weighted by Gasteiger charge is 2.14. The molecule has 3 nitrogen and oxygen atoms in total. The summed E-state index contributed by atoms with van der Waals surface area (Å²) in [6.45, 7) is 1.75. The molecule has 16 heavy (non-hydrogen) atoms. The highest BCUT2D eigenvalue weighted by atomic mass is 79.9. The molecule has 1 amide bonds. The fraction of sp³-hybridized carbons (Fsp3) is 0.364. The van der Waals surface area contributed by atoms with Crippen LogP contribution >= 0.6 is 15.9 Å². The lowest BCUT2D eigenvalue weighted by Crippen LogP contribution is -2.37. The van der Waals surface area contributed by atoms with E-state index in [1.165, 1.54) is 18.2 Å². The van der Waals surface area contributed by atoms with Gasteiger partial charge in [0.1, 0.15) is 5.82 Å². The molecule has 1 rings (SSSR count). The van der Waals surface area contributed by atoms with Crippen molar-refractivity contribution in [2.75, 3.05) is 6.61 Å². The molecule has 0 aliphatic heterocycles. The molecule has 0 fully saturated rings. The first-order valence-electron chi connectivity index (χ1n) is 4.95. The maximum Gasteiger partial charge on any atom is 0.252 e. The van der Waals surface area contributed by atoms with Gasteiger partial charge < -0.3 is 10.4 Å². The molecular formula is C11H13BrFNO2. The van der Waals surface area contributed by atoms with Gasteiger partial charge in [0.25, 0.3) is 5.91 Å². The normalized spacial score (nSPS) is 12.2. The maximum atomic E-state index is 12.8. The molecule has 1 aromatic rings. The number of benzene rings is 1. The molecule has 1 atom stereocenters. The van der Waals surface area contributed by atoms with E-state index >= 15 is 0 Å². The van der Waals surface area contributed by atoms with Crippen LogP contribution in [-0.2, 0) is 0 Å². The zero-order chi connectivity index (χ0) is 12.1. The Kier molecular flexibility index (Phi) is 4.89. The lowest BCUT2D eigenvalue weighted by molar-refractivity contribution is 0.0914. The SMILES string of the molecule is CC[C@@H](CO)NC(=O)c1ccc(F)cc1Br. The number of amides is 1. The van der Waals surface area contributed by atoms with Gasteiger partial charge in [-0.15, -0.1) is 0 Å². The van der Waals surface area contributed by atoms with Crippen LogP contribution in [0.3, 0.4) is 0 Å². The van der Waals surface area contributed by atoms with Crippen molar-refractivity contribution >= 4 is 21.8 Å². The quantitative estimate of drug-likeness (QED) is 0.892. The Morgan fingerprint density at radius 1 is 1.62 bits per heavy atom. The van der Waals surface area contributed by atoms with Gasteiger partial charge in [0.05, 0.1) is 18.2 Å². The number of aliphatic hydroxyl groups is 1. The highest BCUT2D eigenvalue weighted by molar-refractivity contribution is 9.10. The maximum absolute atomic E-state index is 12.8. The van der Waals surface area contributed by atoms with E-state index < -0.39 is 5.82 Å². The Morgan fingerprint density at radius 3 is 2.81 bits per heavy atom. The second-order valence-corrected chi connectivity index (χ2v) is 4.24. The van der Waals surface area contributed by atoms with Gasteiger partial charge in [-0.2, -0.15) is 0 Å². The molecule has 0 aliphatic rings. The first-order chi connectivity index (χ1) is 7.58. The third-order valence-corrected chi connectivity index (χ3v) is 2.88. The van der Waals surface area contributed by atoms with Crippen molar-refractivity contribution in [2.24, 2.45) is 0 Å². The molecule has 0 heterocycles. The van der Waals surface area contributed by atoms with Crippen molar-refractivity contribution in [3.8, 4) is 0 Å². The molecule has 0 aromatic heterocycles. The van der Waals surface area contributed by atoms with Crippen LogP contribution in [0.5, 0.6) is 0 Å². The zero-order valence-electron chi connectivity index (χ0n) is 8.84. The van der Waals surface area contributed by atoms with E-state index in [0.717, 1.165) is 0 Å². The van der Waals surface area contributed by atoms with Crippen molar-refractivity contribution < 1.29 is 14.3 Å². The minimum Gasteiger partial charge on any atom is -0.394 e. The molecule has 0 saturated carbocycles. The predicted molar refractivity (Wildman–Crippen MR) is 62.7 cm³/mol. The van der Waals surface area contributed by atoms with Gasteiger partial charge in [0, 0.05) is 4.47 Å². The third kappa shape index (κ3) is 3.28. The second kappa shape index (κ2) is 5.96. The minimum absolute atomic E-state index is 0.110. The minimum atomic E-state index is -0.405. The van der Waals surface area contributed by atoms with E-state index in [0.29, 0.717) is 16.5 Å². The first-order valence-corrected chi connectivity index (χ1v) is 5.74. The number of halogens is 2. The van der Waals surface area contributed by atoms with Crippen LogP contribution in [0.1, 0.15) is 23.7 Å². The van der Waals surface area contributed by atoms with E-state index in [9.17, 15) is 9.18 Å². The topological polar surface area (TPSA) is 49.3 Å². The van der Waals surface area contributed by atoms with E-state index in [-0.39, 0.29) is 18.6 Å². The van der Waals surface area contributed by atoms with Gasteiger partial charge in [-0.05, 0) is 40.5 Å². The molecule has 2 N–H and O–H groups in total. The number of hydrogen-bond donors (Lipinski definition) is 2. The van der Waals surface area contributed by atoms with Crippen molar-refractivity contribution in [3.63, 3.8) is 0 Å². The first kappa shape index (κ1) is 13.1. The summed E-state index contributed by atoms with van der Waals surface area (Å²) in [5.41, 5.74) is 0.355. The second-order valence-electron chi connectivity index (χ2n) is 3.39. The summed E-state index contributed by atoms with van der Waals surface area (Å²) in [5.74, 6) is -0.731. The summed E-state index contributed by atoms with van der Waals surface area (Å²) in [6.07, 6.45) is 0.640. The number of aliphatic hydroxyl groups excluding tert-OH is 1. The smallest absolute Gasteiger partial charge is 0.252 e. The van der Waals surface area contributed by atoms with Crippen molar-refractivity contribution in [1.82, 2.24) is 5.32 Å². The van der Waals surface area contributed by atoms with Gasteiger partial charge in [-0.1, -0.05) is 6.92 Å². The van der Waals surface area contributed by atoms with E-state index in [1.807, 2.05) is 6.92 Å². The molecule has 1 aromatic carbocycles. The van der Waals surface area contributed by atoms with E-state index in [2.05, 4.69) is 21.2 Å². The molecule has 0 radical (unpaired) electrons. The molecule has 0 unspecified atom stereocenters. The van der Waals surface area contributed by atoms with Crippen LogP contribution < -0.4 is 5.32 Å². The molecule has 0 saturated heterocycles. The van der Waals surface area contributed by atoms with Crippen LogP contribution in [-0.4, -0.2) is 23.7 Å². The molecule has 5 heteroatoms. The fourth-order valence-electron chi connectivity index (χ4n) is 1.21. The van der Waals surface area contributed by atoms with Gasteiger partial charge in [0.15, 0.2) is 0 Å². The summed E-state index contributed by atoms with van der Waals surface area (Å²) in [7, 11) is 0. The Morgan fingerprint density at radius 2 is 2.31 bits per heavy atom. The molecule has 0 aliphatic carbocycles. The van der Waals surface area contributed by atoms with Crippen molar-refractivity contribution in [1.29, 1.82) is 0 Å². The number of nitrogens with one attached hydrogen (secondary N) is 1. The van der Waals surface area contributed by atoms with Crippen LogP contribution in [0.2, 0.25) is 0 Å². The van der Waals surface area contributed by atoms with Crippen LogP contribution in [0, 0.1) is 5.82 Å². The lowest BCUT2D eigenvalue weighted by Gasteiger charge is -2.14. The van der Waals surface area contributed by atoms with E-state index in [1.54, 1.807) is 0 Å². The molecule has 88 valence electrons. The number of rotatable bonds is 4. The summed E-state index contributed by atoms with van der Waals surface area (Å²) < 4.78 is 13.2. The number of carbonyl (C=O) groups excluding carboxylic acids is 1. The summed E-state index contributed by atoms with van der Waals surface area (Å²) in [6, 6.07) is 3.58. The highest BCUT2D eigenvalue weighted by Crippen LogP contribution is 2.18. The van der Waals surface area contributed by atoms with E-state index in [4.69, 9.17) is 5.11 Å². The standard InChI is InChI=1S/C11H13BrFNO2/c1-2-8(6-15)14-11(16)9-4-3-7(13)5-10(9)12/h3-5,8,15H,2,6H2,1H3,(H,14,16)/t8-/m0/s1. The Balaban J connectivity index is 2.80. The molecular weight excluding hydrogens is 277 g/mol. The monoisotopic (exact) mass is 289 g/mol. The Labute approximate surface area is 102 Å². The van der Waals surface area contributed by atoms with Gasteiger partial charge in [-0.25, -0.2) is 4.39 Å². The van der Waals surface area contributed by atoms with Crippen LogP contribution in [0.15, 0.2) is 22.7 Å². The summed E-state index contributed by atoms with van der Waals surface area (Å²) >= 11 is 3.12. The van der Waals surface area contributed by atoms with Crippen LogP contribution in [0.4, 0.5) is 4.39 Å². The fourth-order valence-corrected chi connectivity index (χ4v) is 1.74. The Hall–Kier alpha value is -0.940. The van der Waals surface area contributed by atoms with Gasteiger partial charge >= 0.3 is 0 Å².